The highest BCUT2D eigenvalue weighted by atomic mass is 32.2. The summed E-state index contributed by atoms with van der Waals surface area (Å²) in [5.41, 5.74) is 3.57. The van der Waals surface area contributed by atoms with Gasteiger partial charge in [0.1, 0.15) is 0 Å². The fourth-order valence-corrected chi connectivity index (χ4v) is 2.29. The van der Waals surface area contributed by atoms with Crippen molar-refractivity contribution in [2.45, 2.75) is 13.8 Å². The molecule has 0 spiro atoms. The molecule has 0 radical (unpaired) electrons. The summed E-state index contributed by atoms with van der Waals surface area (Å²) in [6, 6.07) is 9.89. The van der Waals surface area contributed by atoms with Gasteiger partial charge in [-0.25, -0.2) is 4.68 Å². The SMILES string of the molecule is CSCC(=O)Nc1c(C)nn(-c2ccccc2)c1C. The zero-order valence-corrected chi connectivity index (χ0v) is 12.1. The lowest BCUT2D eigenvalue weighted by molar-refractivity contribution is -0.113. The van der Waals surface area contributed by atoms with Crippen LogP contribution in [0, 0.1) is 13.8 Å². The highest BCUT2D eigenvalue weighted by Gasteiger charge is 2.14. The van der Waals surface area contributed by atoms with Gasteiger partial charge in [-0.05, 0) is 32.2 Å². The van der Waals surface area contributed by atoms with Crippen molar-refractivity contribution < 1.29 is 4.79 Å². The Kier molecular flexibility index (Phi) is 4.27. The summed E-state index contributed by atoms with van der Waals surface area (Å²) in [5.74, 6) is 0.460. The number of rotatable bonds is 4. The minimum absolute atomic E-state index is 0.00584. The molecule has 1 N–H and O–H groups in total. The molecular weight excluding hydrogens is 258 g/mol. The minimum atomic E-state index is 0.00584. The molecule has 1 amide bonds. The van der Waals surface area contributed by atoms with E-state index in [1.807, 2.05) is 55.1 Å². The first kappa shape index (κ1) is 13.7. The lowest BCUT2D eigenvalue weighted by Gasteiger charge is -2.06. The Morgan fingerprint density at radius 2 is 2.00 bits per heavy atom. The number of benzene rings is 1. The fourth-order valence-electron chi connectivity index (χ4n) is 1.95. The van der Waals surface area contributed by atoms with Crippen molar-refractivity contribution in [3.63, 3.8) is 0 Å². The van der Waals surface area contributed by atoms with Crippen LogP contribution in [0.1, 0.15) is 11.4 Å². The molecule has 4 nitrogen and oxygen atoms in total. The van der Waals surface area contributed by atoms with Crippen LogP contribution >= 0.6 is 11.8 Å². The highest BCUT2D eigenvalue weighted by Crippen LogP contribution is 2.22. The summed E-state index contributed by atoms with van der Waals surface area (Å²) in [5, 5.41) is 7.42. The molecule has 1 aromatic carbocycles. The molecule has 2 rings (SSSR count). The maximum atomic E-state index is 11.7. The Morgan fingerprint density at radius 3 is 2.63 bits per heavy atom. The number of amides is 1. The maximum Gasteiger partial charge on any atom is 0.234 e. The Hall–Kier alpha value is -1.75. The minimum Gasteiger partial charge on any atom is -0.322 e. The third kappa shape index (κ3) is 2.98. The van der Waals surface area contributed by atoms with Crippen LogP contribution in [0.15, 0.2) is 30.3 Å². The van der Waals surface area contributed by atoms with Crippen LogP contribution in [0.4, 0.5) is 5.69 Å². The molecule has 0 aliphatic heterocycles. The summed E-state index contributed by atoms with van der Waals surface area (Å²) < 4.78 is 1.85. The number of nitrogens with zero attached hydrogens (tertiary/aromatic N) is 2. The zero-order valence-electron chi connectivity index (χ0n) is 11.3. The number of nitrogens with one attached hydrogen (secondary N) is 1. The van der Waals surface area contributed by atoms with Crippen LogP contribution in [0.5, 0.6) is 0 Å². The van der Waals surface area contributed by atoms with E-state index in [-0.39, 0.29) is 5.91 Å². The summed E-state index contributed by atoms with van der Waals surface area (Å²) >= 11 is 1.50. The second-order valence-electron chi connectivity index (χ2n) is 4.27. The number of thioether (sulfide) groups is 1. The number of anilines is 1. The molecule has 0 bridgehead atoms. The van der Waals surface area contributed by atoms with Crippen molar-refractivity contribution >= 4 is 23.4 Å². The van der Waals surface area contributed by atoms with Crippen molar-refractivity contribution in [2.75, 3.05) is 17.3 Å². The Labute approximate surface area is 117 Å². The van der Waals surface area contributed by atoms with Crippen molar-refractivity contribution in [2.24, 2.45) is 0 Å². The van der Waals surface area contributed by atoms with Crippen molar-refractivity contribution in [1.82, 2.24) is 9.78 Å². The first-order valence-corrected chi connectivity index (χ1v) is 7.43. The van der Waals surface area contributed by atoms with Crippen LogP contribution in [0.3, 0.4) is 0 Å². The Bertz CT molecular complexity index is 578. The number of carbonyl (C=O) groups is 1. The van der Waals surface area contributed by atoms with E-state index in [9.17, 15) is 4.79 Å². The number of para-hydroxylation sites is 1. The molecule has 5 heteroatoms. The molecule has 0 unspecified atom stereocenters. The van der Waals surface area contributed by atoms with Gasteiger partial charge < -0.3 is 5.32 Å². The van der Waals surface area contributed by atoms with Gasteiger partial charge in [0.05, 0.1) is 28.5 Å². The molecule has 0 saturated heterocycles. The van der Waals surface area contributed by atoms with E-state index < -0.39 is 0 Å². The molecule has 0 fully saturated rings. The van der Waals surface area contributed by atoms with Gasteiger partial charge in [0.25, 0.3) is 0 Å². The third-order valence-electron chi connectivity index (χ3n) is 2.83. The first-order chi connectivity index (χ1) is 9.13. The quantitative estimate of drug-likeness (QED) is 0.933. The second kappa shape index (κ2) is 5.93. The number of aromatic nitrogens is 2. The van der Waals surface area contributed by atoms with Gasteiger partial charge in [-0.2, -0.15) is 16.9 Å². The highest BCUT2D eigenvalue weighted by molar-refractivity contribution is 7.99. The molecule has 100 valence electrons. The standard InChI is InChI=1S/C14H17N3OS/c1-10-14(15-13(18)9-19-3)11(2)17(16-10)12-7-5-4-6-8-12/h4-8H,9H2,1-3H3,(H,15,18). The van der Waals surface area contributed by atoms with Crippen LogP contribution in [0.25, 0.3) is 5.69 Å². The molecule has 0 aliphatic rings. The van der Waals surface area contributed by atoms with Crippen molar-refractivity contribution in [3.05, 3.63) is 41.7 Å². The average Bonchev–Trinajstić information content (AvgIpc) is 2.68. The number of aryl methyl sites for hydroxylation is 1. The summed E-state index contributed by atoms with van der Waals surface area (Å²) in [6.45, 7) is 3.86. The Morgan fingerprint density at radius 1 is 1.32 bits per heavy atom. The molecule has 0 atom stereocenters. The van der Waals surface area contributed by atoms with Gasteiger partial charge in [-0.3, -0.25) is 4.79 Å². The van der Waals surface area contributed by atoms with Crippen LogP contribution < -0.4 is 5.32 Å². The van der Waals surface area contributed by atoms with E-state index >= 15 is 0 Å². The molecule has 2 aromatic rings. The Balaban J connectivity index is 2.33. The summed E-state index contributed by atoms with van der Waals surface area (Å²) in [6.07, 6.45) is 1.91. The van der Waals surface area contributed by atoms with Crippen molar-refractivity contribution in [3.8, 4) is 5.69 Å². The number of hydrogen-bond donors (Lipinski definition) is 1. The summed E-state index contributed by atoms with van der Waals surface area (Å²) in [4.78, 5) is 11.7. The molecule has 1 aromatic heterocycles. The van der Waals surface area contributed by atoms with Gasteiger partial charge in [0, 0.05) is 0 Å². The van der Waals surface area contributed by atoms with Gasteiger partial charge >= 0.3 is 0 Å². The van der Waals surface area contributed by atoms with E-state index in [1.54, 1.807) is 0 Å². The van der Waals surface area contributed by atoms with Crippen LogP contribution in [-0.4, -0.2) is 27.7 Å². The third-order valence-corrected chi connectivity index (χ3v) is 3.38. The van der Waals surface area contributed by atoms with Gasteiger partial charge in [-0.15, -0.1) is 0 Å². The maximum absolute atomic E-state index is 11.7. The lowest BCUT2D eigenvalue weighted by atomic mass is 10.3. The normalized spacial score (nSPS) is 10.5. The van der Waals surface area contributed by atoms with Crippen LogP contribution in [-0.2, 0) is 4.79 Å². The van der Waals surface area contributed by atoms with Gasteiger partial charge in [0.2, 0.25) is 5.91 Å². The zero-order chi connectivity index (χ0) is 13.8. The smallest absolute Gasteiger partial charge is 0.234 e. The second-order valence-corrected chi connectivity index (χ2v) is 5.14. The summed E-state index contributed by atoms with van der Waals surface area (Å²) in [7, 11) is 0. The number of carbonyl (C=O) groups excluding carboxylic acids is 1. The van der Waals surface area contributed by atoms with E-state index in [4.69, 9.17) is 0 Å². The molecule has 1 heterocycles. The fraction of sp³-hybridized carbons (Fsp3) is 0.286. The first-order valence-electron chi connectivity index (χ1n) is 6.04. The molecule has 19 heavy (non-hydrogen) atoms. The molecule has 0 saturated carbocycles. The van der Waals surface area contributed by atoms with E-state index in [1.165, 1.54) is 11.8 Å². The predicted octanol–water partition coefficient (Wildman–Crippen LogP) is 2.79. The van der Waals surface area contributed by atoms with Crippen LogP contribution in [0.2, 0.25) is 0 Å². The molecular formula is C14H17N3OS. The lowest BCUT2D eigenvalue weighted by Crippen LogP contribution is -2.15. The van der Waals surface area contributed by atoms with E-state index in [2.05, 4.69) is 10.4 Å². The largest absolute Gasteiger partial charge is 0.322 e. The van der Waals surface area contributed by atoms with Gasteiger partial charge in [0.15, 0.2) is 0 Å². The number of hydrogen-bond acceptors (Lipinski definition) is 3. The van der Waals surface area contributed by atoms with E-state index in [0.717, 1.165) is 22.8 Å². The molecule has 0 aliphatic carbocycles. The van der Waals surface area contributed by atoms with Gasteiger partial charge in [-0.1, -0.05) is 18.2 Å². The predicted molar refractivity (Wildman–Crippen MR) is 80.0 cm³/mol. The average molecular weight is 275 g/mol. The van der Waals surface area contributed by atoms with Crippen molar-refractivity contribution in [1.29, 1.82) is 0 Å². The topological polar surface area (TPSA) is 46.9 Å². The monoisotopic (exact) mass is 275 g/mol. The van der Waals surface area contributed by atoms with E-state index in [0.29, 0.717) is 5.75 Å².